The summed E-state index contributed by atoms with van der Waals surface area (Å²) in [7, 11) is 0. The van der Waals surface area contributed by atoms with Crippen LogP contribution in [0.1, 0.15) is 70.2 Å². The molecule has 1 aliphatic rings. The van der Waals surface area contributed by atoms with Crippen LogP contribution in [0.3, 0.4) is 0 Å². The Labute approximate surface area is 241 Å². The zero-order valence-electron chi connectivity index (χ0n) is 22.7. The van der Waals surface area contributed by atoms with Crippen LogP contribution in [0.25, 0.3) is 21.5 Å². The second-order valence-electron chi connectivity index (χ2n) is 11.6. The molecule has 4 aromatic rings. The molecule has 0 bridgehead atoms. The topological polar surface area (TPSA) is 0 Å². The summed E-state index contributed by atoms with van der Waals surface area (Å²) >= 11 is 1.56. The third kappa shape index (κ3) is 8.70. The molecule has 1 saturated heterocycles. The molecular weight excluding hydrogens is 650 g/mol. The van der Waals surface area contributed by atoms with E-state index in [0.717, 1.165) is 0 Å². The van der Waals surface area contributed by atoms with E-state index in [4.69, 9.17) is 0 Å². The molecule has 0 aromatic heterocycles. The quantitative estimate of drug-likeness (QED) is 0.197. The van der Waals surface area contributed by atoms with E-state index in [1.165, 1.54) is 43.8 Å². The number of rotatable bonds is 0. The van der Waals surface area contributed by atoms with Crippen LogP contribution in [0.5, 0.6) is 0 Å². The normalized spacial score (nSPS) is 13.0. The van der Waals surface area contributed by atoms with Crippen LogP contribution in [-0.2, 0) is 33.8 Å². The molecular formula is C31H40Cl2HfSi-2. The van der Waals surface area contributed by atoms with Crippen LogP contribution in [0.4, 0.5) is 0 Å². The Morgan fingerprint density at radius 3 is 1.29 bits per heavy atom. The fraction of sp³-hybridized carbons (Fsp3) is 0.419. The molecule has 0 aliphatic carbocycles. The number of benzene rings is 2. The van der Waals surface area contributed by atoms with Crippen molar-refractivity contribution in [2.24, 2.45) is 0 Å². The van der Waals surface area contributed by atoms with Crippen molar-refractivity contribution in [3.63, 3.8) is 0 Å². The molecule has 0 atom stereocenters. The first kappa shape index (κ1) is 32.4. The van der Waals surface area contributed by atoms with Gasteiger partial charge in [-0.2, -0.15) is 12.1 Å². The molecule has 0 nitrogen and oxygen atoms in total. The minimum atomic E-state index is 0. The summed E-state index contributed by atoms with van der Waals surface area (Å²) in [5.74, 6) is 0. The number of fused-ring (bicyclic) bond motifs is 2. The molecule has 4 aromatic carbocycles. The van der Waals surface area contributed by atoms with Crippen LogP contribution in [0, 0.1) is 13.8 Å². The average Bonchev–Trinajstić information content (AvgIpc) is 3.25. The van der Waals surface area contributed by atoms with Crippen LogP contribution in [0.2, 0.25) is 12.1 Å². The molecule has 0 radical (unpaired) electrons. The summed E-state index contributed by atoms with van der Waals surface area (Å²) < 4.78 is 0. The van der Waals surface area contributed by atoms with Crippen molar-refractivity contribution >= 4 is 27.0 Å². The van der Waals surface area contributed by atoms with Crippen LogP contribution in [0.15, 0.2) is 60.7 Å². The monoisotopic (exact) mass is 690 g/mol. The van der Waals surface area contributed by atoms with Gasteiger partial charge in [-0.3, -0.25) is 0 Å². The van der Waals surface area contributed by atoms with E-state index in [0.29, 0.717) is 5.49 Å². The predicted molar refractivity (Wildman–Crippen MR) is 146 cm³/mol. The fourth-order valence-corrected chi connectivity index (χ4v) is 8.95. The van der Waals surface area contributed by atoms with E-state index >= 15 is 0 Å². The molecule has 35 heavy (non-hydrogen) atoms. The van der Waals surface area contributed by atoms with Crippen molar-refractivity contribution in [2.75, 3.05) is 0 Å². The zero-order chi connectivity index (χ0) is 24.4. The first-order chi connectivity index (χ1) is 15.4. The molecule has 0 amide bonds. The Bertz CT molecular complexity index is 1150. The maximum absolute atomic E-state index is 2.29. The molecule has 0 N–H and O–H groups in total. The third-order valence-electron chi connectivity index (χ3n) is 6.36. The van der Waals surface area contributed by atoms with Gasteiger partial charge in [0.15, 0.2) is 0 Å². The van der Waals surface area contributed by atoms with Gasteiger partial charge in [0.1, 0.15) is 0 Å². The van der Waals surface area contributed by atoms with Crippen molar-refractivity contribution in [3.05, 3.63) is 82.9 Å². The summed E-state index contributed by atoms with van der Waals surface area (Å²) in [6, 6.07) is 25.6. The molecule has 5 rings (SSSR count). The van der Waals surface area contributed by atoms with E-state index in [2.05, 4.69) is 116 Å². The van der Waals surface area contributed by atoms with Crippen molar-refractivity contribution in [2.45, 2.75) is 84.7 Å². The van der Waals surface area contributed by atoms with Gasteiger partial charge in [0.25, 0.3) is 0 Å². The van der Waals surface area contributed by atoms with Gasteiger partial charge in [-0.25, -0.2) is 0 Å². The van der Waals surface area contributed by atoms with Gasteiger partial charge in [-0.1, -0.05) is 78.6 Å². The summed E-state index contributed by atoms with van der Waals surface area (Å²) in [6.45, 7) is 17.9. The van der Waals surface area contributed by atoms with Crippen LogP contribution in [-0.4, -0.2) is 5.49 Å². The molecule has 0 spiro atoms. The second-order valence-corrected chi connectivity index (χ2v) is 21.5. The Hall–Kier alpha value is -0.673. The summed E-state index contributed by atoms with van der Waals surface area (Å²) in [6.07, 6.45) is 1.57. The van der Waals surface area contributed by atoms with Gasteiger partial charge < -0.3 is 24.8 Å². The van der Waals surface area contributed by atoms with E-state index in [9.17, 15) is 0 Å². The fourth-order valence-electron chi connectivity index (χ4n) is 4.43. The number of hydrogen-bond donors (Lipinski definition) is 0. The molecule has 1 fully saturated rings. The van der Waals surface area contributed by atoms with Gasteiger partial charge in [-0.15, -0.1) is 69.1 Å². The third-order valence-corrected chi connectivity index (χ3v) is 13.7. The molecule has 4 heteroatoms. The van der Waals surface area contributed by atoms with E-state index < -0.39 is 0 Å². The Morgan fingerprint density at radius 1 is 0.686 bits per heavy atom. The number of hydrogen-bond acceptors (Lipinski definition) is 0. The van der Waals surface area contributed by atoms with Crippen molar-refractivity contribution < 1.29 is 47.8 Å². The van der Waals surface area contributed by atoms with Gasteiger partial charge in [0.2, 0.25) is 0 Å². The molecule has 1 heterocycles. The van der Waals surface area contributed by atoms with E-state index in [-0.39, 0.29) is 35.6 Å². The van der Waals surface area contributed by atoms with Crippen LogP contribution < -0.4 is 24.8 Å². The molecule has 0 unspecified atom stereocenters. The zero-order valence-corrected chi connectivity index (χ0v) is 28.8. The maximum atomic E-state index is 2.29. The summed E-state index contributed by atoms with van der Waals surface area (Å²) in [5.41, 5.74) is 6.53. The SMILES string of the molecule is Cc1cc2c(C(C)(C)C)cccc2[cH-]1.Cc1cc2c(C(C)(C)C)cccc2[cH-]1.[Cl-].[Cl-].[Hf+2]=[Si]1CCC1. The van der Waals surface area contributed by atoms with Gasteiger partial charge in [0, 0.05) is 0 Å². The number of halogens is 2. The van der Waals surface area contributed by atoms with E-state index in [1.807, 2.05) is 0 Å². The van der Waals surface area contributed by atoms with Crippen molar-refractivity contribution in [1.29, 1.82) is 0 Å². The molecule has 0 saturated carbocycles. The first-order valence-electron chi connectivity index (χ1n) is 12.3. The molecule has 188 valence electrons. The minimum absolute atomic E-state index is 0. The van der Waals surface area contributed by atoms with Gasteiger partial charge in [-0.05, 0) is 10.8 Å². The second kappa shape index (κ2) is 13.2. The van der Waals surface area contributed by atoms with E-state index in [1.54, 1.807) is 41.5 Å². The summed E-state index contributed by atoms with van der Waals surface area (Å²) in [4.78, 5) is 0. The standard InChI is InChI=1S/2C14H17.C3H6Si.2ClH.Hf/c2*1-10-8-11-6-5-7-13(12(11)9-10)14(2,3)4;1-2-4-3-1;;;/h2*5-9H,1-4H3;1-3H2;2*1H;/q2*-1;;;;+2/p-2. The molecule has 1 aliphatic heterocycles. The van der Waals surface area contributed by atoms with Crippen molar-refractivity contribution in [3.8, 4) is 0 Å². The van der Waals surface area contributed by atoms with Crippen molar-refractivity contribution in [1.82, 2.24) is 0 Å². The van der Waals surface area contributed by atoms with Gasteiger partial charge >= 0.3 is 47.0 Å². The number of aryl methyl sites for hydroxylation is 2. The predicted octanol–water partition coefficient (Wildman–Crippen LogP) is 3.27. The average molecular weight is 690 g/mol. The Morgan fingerprint density at radius 2 is 1.03 bits per heavy atom. The van der Waals surface area contributed by atoms with Gasteiger partial charge in [0.05, 0.1) is 0 Å². The summed E-state index contributed by atoms with van der Waals surface area (Å²) in [5, 5.41) is 5.57. The van der Waals surface area contributed by atoms with Crippen LogP contribution >= 0.6 is 0 Å². The Balaban J connectivity index is 0.000000279. The first-order valence-corrected chi connectivity index (χ1v) is 19.6. The Kier molecular flexibility index (Phi) is 12.2.